The highest BCUT2D eigenvalue weighted by atomic mass is 16.5. The summed E-state index contributed by atoms with van der Waals surface area (Å²) in [6, 6.07) is 5.69. The fourth-order valence-corrected chi connectivity index (χ4v) is 2.51. The molecular weight excluding hydrogens is 242 g/mol. The molecule has 1 aliphatic heterocycles. The lowest BCUT2D eigenvalue weighted by Crippen LogP contribution is -2.36. The van der Waals surface area contributed by atoms with Gasteiger partial charge in [-0.3, -0.25) is 0 Å². The van der Waals surface area contributed by atoms with E-state index in [2.05, 4.69) is 11.0 Å². The van der Waals surface area contributed by atoms with Crippen LogP contribution in [0.15, 0.2) is 27.4 Å². The number of hydrogen-bond donors (Lipinski definition) is 0. The lowest BCUT2D eigenvalue weighted by Gasteiger charge is -2.29. The van der Waals surface area contributed by atoms with E-state index in [1.165, 1.54) is 0 Å². The van der Waals surface area contributed by atoms with Crippen molar-refractivity contribution in [3.05, 3.63) is 39.7 Å². The van der Waals surface area contributed by atoms with Crippen molar-refractivity contribution < 1.29 is 9.15 Å². The molecule has 1 aliphatic rings. The van der Waals surface area contributed by atoms with E-state index in [1.807, 2.05) is 19.9 Å². The number of ether oxygens (including phenoxy) is 1. The minimum Gasteiger partial charge on any atom is -0.422 e. The second-order valence-electron chi connectivity index (χ2n) is 4.93. The Labute approximate surface area is 111 Å². The van der Waals surface area contributed by atoms with Gasteiger partial charge < -0.3 is 14.1 Å². The normalized spacial score (nSPS) is 16.0. The van der Waals surface area contributed by atoms with Crippen LogP contribution >= 0.6 is 0 Å². The van der Waals surface area contributed by atoms with Crippen molar-refractivity contribution >= 4 is 16.7 Å². The van der Waals surface area contributed by atoms with Crippen molar-refractivity contribution in [3.8, 4) is 0 Å². The monoisotopic (exact) mass is 259 g/mol. The molecule has 1 fully saturated rings. The smallest absolute Gasteiger partial charge is 0.338 e. The van der Waals surface area contributed by atoms with Crippen LogP contribution in [-0.4, -0.2) is 26.3 Å². The number of benzene rings is 1. The molecule has 0 bridgehead atoms. The van der Waals surface area contributed by atoms with Gasteiger partial charge in [-0.05, 0) is 31.0 Å². The maximum atomic E-state index is 11.8. The zero-order valence-corrected chi connectivity index (χ0v) is 11.2. The third kappa shape index (κ3) is 2.12. The summed E-state index contributed by atoms with van der Waals surface area (Å²) in [6.45, 7) is 7.04. The molecule has 0 saturated carbocycles. The molecule has 4 nitrogen and oxygen atoms in total. The van der Waals surface area contributed by atoms with E-state index in [0.29, 0.717) is 18.8 Å². The zero-order chi connectivity index (χ0) is 13.4. The van der Waals surface area contributed by atoms with Crippen LogP contribution < -0.4 is 10.5 Å². The molecule has 100 valence electrons. The number of fused-ring (bicyclic) bond motifs is 1. The minimum atomic E-state index is -0.289. The number of nitrogens with zero attached hydrogens (tertiary/aromatic N) is 1. The van der Waals surface area contributed by atoms with Crippen molar-refractivity contribution in [1.82, 2.24) is 0 Å². The van der Waals surface area contributed by atoms with Gasteiger partial charge in [0.15, 0.2) is 0 Å². The van der Waals surface area contributed by atoms with Gasteiger partial charge in [0.05, 0.1) is 18.9 Å². The summed E-state index contributed by atoms with van der Waals surface area (Å²) in [6.07, 6.45) is 0. The zero-order valence-electron chi connectivity index (χ0n) is 11.2. The summed E-state index contributed by atoms with van der Waals surface area (Å²) in [5.41, 5.74) is 3.54. The van der Waals surface area contributed by atoms with Gasteiger partial charge >= 0.3 is 5.63 Å². The molecule has 1 aromatic heterocycles. The van der Waals surface area contributed by atoms with Gasteiger partial charge in [0.2, 0.25) is 0 Å². The fraction of sp³-hybridized carbons (Fsp3) is 0.400. The molecule has 0 atom stereocenters. The van der Waals surface area contributed by atoms with E-state index in [-0.39, 0.29) is 5.63 Å². The number of aryl methyl sites for hydroxylation is 2. The second kappa shape index (κ2) is 4.70. The molecule has 19 heavy (non-hydrogen) atoms. The van der Waals surface area contributed by atoms with Crippen molar-refractivity contribution in [3.63, 3.8) is 0 Å². The molecule has 0 aliphatic carbocycles. The molecule has 1 saturated heterocycles. The lowest BCUT2D eigenvalue weighted by molar-refractivity contribution is 0.123. The highest BCUT2D eigenvalue weighted by Gasteiger charge is 2.17. The van der Waals surface area contributed by atoms with E-state index in [4.69, 9.17) is 9.15 Å². The molecule has 0 unspecified atom stereocenters. The summed E-state index contributed by atoms with van der Waals surface area (Å²) < 4.78 is 10.8. The average Bonchev–Trinajstić information content (AvgIpc) is 2.44. The van der Waals surface area contributed by atoms with E-state index >= 15 is 0 Å². The molecule has 0 spiro atoms. The summed E-state index contributed by atoms with van der Waals surface area (Å²) >= 11 is 0. The molecular formula is C15H17NO3. The lowest BCUT2D eigenvalue weighted by atomic mass is 10.0. The van der Waals surface area contributed by atoms with Gasteiger partial charge in [0.25, 0.3) is 0 Å². The molecule has 2 aromatic rings. The Hall–Kier alpha value is -1.81. The van der Waals surface area contributed by atoms with E-state index in [0.717, 1.165) is 35.3 Å². The largest absolute Gasteiger partial charge is 0.422 e. The van der Waals surface area contributed by atoms with Gasteiger partial charge in [-0.1, -0.05) is 6.07 Å². The van der Waals surface area contributed by atoms with Crippen molar-refractivity contribution in [2.24, 2.45) is 0 Å². The maximum Gasteiger partial charge on any atom is 0.338 e. The van der Waals surface area contributed by atoms with Crippen LogP contribution in [0.2, 0.25) is 0 Å². The fourth-order valence-electron chi connectivity index (χ4n) is 2.51. The SMILES string of the molecule is Cc1ccc2c(N3CCOCC3)cc(=O)oc2c1C. The first kappa shape index (κ1) is 12.2. The first-order valence-corrected chi connectivity index (χ1v) is 6.53. The van der Waals surface area contributed by atoms with Gasteiger partial charge in [-0.2, -0.15) is 0 Å². The number of morpholine rings is 1. The van der Waals surface area contributed by atoms with Crippen LogP contribution in [0, 0.1) is 13.8 Å². The van der Waals surface area contributed by atoms with Gasteiger partial charge in [-0.15, -0.1) is 0 Å². The molecule has 1 aromatic carbocycles. The van der Waals surface area contributed by atoms with E-state index in [9.17, 15) is 4.79 Å². The quantitative estimate of drug-likeness (QED) is 0.737. The summed E-state index contributed by atoms with van der Waals surface area (Å²) in [4.78, 5) is 14.0. The molecule has 3 rings (SSSR count). The standard InChI is InChI=1S/C15H17NO3/c1-10-3-4-12-13(16-5-7-18-8-6-16)9-14(17)19-15(12)11(10)2/h3-4,9H,5-8H2,1-2H3. The maximum absolute atomic E-state index is 11.8. The van der Waals surface area contributed by atoms with Gasteiger partial charge in [0, 0.05) is 24.5 Å². The van der Waals surface area contributed by atoms with Crippen LogP contribution in [0.3, 0.4) is 0 Å². The predicted molar refractivity (Wildman–Crippen MR) is 75.0 cm³/mol. The Morgan fingerprint density at radius 1 is 1.16 bits per heavy atom. The Morgan fingerprint density at radius 2 is 1.89 bits per heavy atom. The van der Waals surface area contributed by atoms with Crippen molar-refractivity contribution in [2.45, 2.75) is 13.8 Å². The summed E-state index contributed by atoms with van der Waals surface area (Å²) in [5.74, 6) is 0. The first-order valence-electron chi connectivity index (χ1n) is 6.53. The van der Waals surface area contributed by atoms with Crippen molar-refractivity contribution in [1.29, 1.82) is 0 Å². The molecule has 4 heteroatoms. The van der Waals surface area contributed by atoms with E-state index in [1.54, 1.807) is 6.07 Å². The molecule has 0 N–H and O–H groups in total. The van der Waals surface area contributed by atoms with Crippen LogP contribution in [-0.2, 0) is 4.74 Å². The van der Waals surface area contributed by atoms with Crippen LogP contribution in [0.1, 0.15) is 11.1 Å². The van der Waals surface area contributed by atoms with E-state index < -0.39 is 0 Å². The van der Waals surface area contributed by atoms with Crippen LogP contribution in [0.25, 0.3) is 11.0 Å². The first-order chi connectivity index (χ1) is 9.16. The summed E-state index contributed by atoms with van der Waals surface area (Å²) in [5, 5.41) is 1.00. The Morgan fingerprint density at radius 3 is 2.63 bits per heavy atom. The highest BCUT2D eigenvalue weighted by molar-refractivity contribution is 5.92. The van der Waals surface area contributed by atoms with Gasteiger partial charge in [0.1, 0.15) is 5.58 Å². The van der Waals surface area contributed by atoms with Gasteiger partial charge in [-0.25, -0.2) is 4.79 Å². The average molecular weight is 259 g/mol. The van der Waals surface area contributed by atoms with Crippen LogP contribution in [0.5, 0.6) is 0 Å². The number of rotatable bonds is 1. The highest BCUT2D eigenvalue weighted by Crippen LogP contribution is 2.29. The van der Waals surface area contributed by atoms with Crippen LogP contribution in [0.4, 0.5) is 5.69 Å². The Bertz CT molecular complexity index is 669. The molecule has 0 amide bonds. The Kier molecular flexibility index (Phi) is 3.03. The topological polar surface area (TPSA) is 42.7 Å². The third-order valence-electron chi connectivity index (χ3n) is 3.76. The minimum absolute atomic E-state index is 0.289. The Balaban J connectivity index is 2.23. The third-order valence-corrected chi connectivity index (χ3v) is 3.76. The molecule has 2 heterocycles. The summed E-state index contributed by atoms with van der Waals surface area (Å²) in [7, 11) is 0. The predicted octanol–water partition coefficient (Wildman–Crippen LogP) is 2.25. The number of hydrogen-bond acceptors (Lipinski definition) is 4. The second-order valence-corrected chi connectivity index (χ2v) is 4.93. The number of anilines is 1. The molecule has 0 radical (unpaired) electrons. The van der Waals surface area contributed by atoms with Crippen molar-refractivity contribution in [2.75, 3.05) is 31.2 Å².